The monoisotopic (exact) mass is 422 g/mol. The molecule has 30 heavy (non-hydrogen) atoms. The number of hydrogen-bond acceptors (Lipinski definition) is 7. The third-order valence-electron chi connectivity index (χ3n) is 5.14. The van der Waals surface area contributed by atoms with Gasteiger partial charge in [0.25, 0.3) is 0 Å². The van der Waals surface area contributed by atoms with Crippen molar-refractivity contribution >= 4 is 22.9 Å². The summed E-state index contributed by atoms with van der Waals surface area (Å²) in [6.45, 7) is 1.54. The van der Waals surface area contributed by atoms with Crippen LogP contribution in [-0.2, 0) is 17.0 Å². The minimum absolute atomic E-state index is 0.182. The van der Waals surface area contributed by atoms with Gasteiger partial charge in [0.05, 0.1) is 25.5 Å². The van der Waals surface area contributed by atoms with E-state index >= 15 is 0 Å². The van der Waals surface area contributed by atoms with Gasteiger partial charge in [0.1, 0.15) is 11.3 Å². The molecule has 1 saturated heterocycles. The first-order chi connectivity index (χ1) is 14.8. The normalized spacial score (nSPS) is 16.4. The van der Waals surface area contributed by atoms with Gasteiger partial charge in [-0.15, -0.1) is 10.2 Å². The fourth-order valence-electron chi connectivity index (χ4n) is 3.61. The van der Waals surface area contributed by atoms with E-state index in [1.54, 1.807) is 18.9 Å². The third kappa shape index (κ3) is 3.93. The predicted octanol–water partition coefficient (Wildman–Crippen LogP) is 4.57. The molecular weight excluding hydrogens is 400 g/mol. The van der Waals surface area contributed by atoms with Crippen LogP contribution in [0.25, 0.3) is 22.5 Å². The highest BCUT2D eigenvalue weighted by atomic mass is 32.2. The molecular formula is C22H22N4O3S. The fraction of sp³-hybridized carbons (Fsp3) is 0.318. The molecule has 0 saturated carbocycles. The molecule has 1 atom stereocenters. The molecule has 0 N–H and O–H groups in total. The van der Waals surface area contributed by atoms with Crippen LogP contribution in [0.3, 0.4) is 0 Å². The first-order valence-electron chi connectivity index (χ1n) is 9.96. The van der Waals surface area contributed by atoms with Crippen LogP contribution < -0.4 is 4.74 Å². The van der Waals surface area contributed by atoms with E-state index < -0.39 is 0 Å². The lowest BCUT2D eigenvalue weighted by Gasteiger charge is -2.14. The highest BCUT2D eigenvalue weighted by molar-refractivity contribution is 7.98. The van der Waals surface area contributed by atoms with Gasteiger partial charge in [0.15, 0.2) is 16.6 Å². The second kappa shape index (κ2) is 8.49. The maximum atomic E-state index is 5.87. The summed E-state index contributed by atoms with van der Waals surface area (Å²) in [7, 11) is 1.66. The van der Waals surface area contributed by atoms with E-state index in [-0.39, 0.29) is 6.10 Å². The molecule has 4 aromatic rings. The molecule has 0 bridgehead atoms. The van der Waals surface area contributed by atoms with Gasteiger partial charge in [-0.05, 0) is 49.2 Å². The van der Waals surface area contributed by atoms with E-state index in [4.69, 9.17) is 13.9 Å². The molecule has 1 unspecified atom stereocenters. The van der Waals surface area contributed by atoms with Crippen molar-refractivity contribution in [3.63, 3.8) is 0 Å². The van der Waals surface area contributed by atoms with Gasteiger partial charge < -0.3 is 13.9 Å². The second-order valence-electron chi connectivity index (χ2n) is 7.14. The van der Waals surface area contributed by atoms with Crippen molar-refractivity contribution in [1.29, 1.82) is 0 Å². The number of thioether (sulfide) groups is 1. The molecule has 0 amide bonds. The first kappa shape index (κ1) is 19.1. The fourth-order valence-corrected chi connectivity index (χ4v) is 4.41. The van der Waals surface area contributed by atoms with Crippen molar-refractivity contribution in [2.75, 3.05) is 13.7 Å². The molecule has 7 nitrogen and oxygen atoms in total. The van der Waals surface area contributed by atoms with Gasteiger partial charge in [0, 0.05) is 12.2 Å². The summed E-state index contributed by atoms with van der Waals surface area (Å²) in [4.78, 5) is 4.56. The van der Waals surface area contributed by atoms with Crippen molar-refractivity contribution in [3.05, 3.63) is 54.4 Å². The van der Waals surface area contributed by atoms with Crippen LogP contribution >= 0.6 is 11.8 Å². The Morgan fingerprint density at radius 1 is 1.13 bits per heavy atom. The first-order valence-corrected chi connectivity index (χ1v) is 11.0. The van der Waals surface area contributed by atoms with E-state index in [0.29, 0.717) is 11.6 Å². The van der Waals surface area contributed by atoms with Crippen LogP contribution in [0.15, 0.2) is 58.1 Å². The standard InChI is InChI=1S/C22H22N4O3S/c1-27-16-10-8-15(9-11-16)21-24-25-22(26(21)13-17-5-4-12-28-17)30-14-20-23-18-6-2-3-7-19(18)29-20/h2-3,6-11,17H,4-5,12-14H2,1H3. The number of benzene rings is 2. The van der Waals surface area contributed by atoms with Gasteiger partial charge >= 0.3 is 0 Å². The number of nitrogens with zero attached hydrogens (tertiary/aromatic N) is 4. The van der Waals surface area contributed by atoms with Gasteiger partial charge in [-0.25, -0.2) is 4.98 Å². The SMILES string of the molecule is COc1ccc(-c2nnc(SCc3nc4ccccc4o3)n2CC2CCCO2)cc1. The maximum Gasteiger partial charge on any atom is 0.205 e. The number of fused-ring (bicyclic) bond motifs is 1. The predicted molar refractivity (Wildman–Crippen MR) is 115 cm³/mol. The summed E-state index contributed by atoms with van der Waals surface area (Å²) in [5.74, 6) is 2.91. The Morgan fingerprint density at radius 3 is 2.77 bits per heavy atom. The summed E-state index contributed by atoms with van der Waals surface area (Å²) in [5, 5.41) is 9.78. The Labute approximate surface area is 178 Å². The Balaban J connectivity index is 1.41. The summed E-state index contributed by atoms with van der Waals surface area (Å²) in [5.41, 5.74) is 2.66. The van der Waals surface area contributed by atoms with Crippen LogP contribution in [-0.4, -0.2) is 39.6 Å². The van der Waals surface area contributed by atoms with Crippen molar-refractivity contribution in [3.8, 4) is 17.1 Å². The third-order valence-corrected chi connectivity index (χ3v) is 6.09. The summed E-state index contributed by atoms with van der Waals surface area (Å²) >= 11 is 1.57. The number of aromatic nitrogens is 4. The van der Waals surface area contributed by atoms with Crippen molar-refractivity contribution in [2.24, 2.45) is 0 Å². The molecule has 8 heteroatoms. The molecule has 2 aromatic carbocycles. The van der Waals surface area contributed by atoms with E-state index in [9.17, 15) is 0 Å². The van der Waals surface area contributed by atoms with E-state index in [1.807, 2.05) is 48.5 Å². The minimum atomic E-state index is 0.182. The summed E-state index contributed by atoms with van der Waals surface area (Å²) < 4.78 is 19.1. The number of methoxy groups -OCH3 is 1. The Hall–Kier alpha value is -2.84. The number of ether oxygens (including phenoxy) is 2. The van der Waals surface area contributed by atoms with Crippen molar-refractivity contribution in [1.82, 2.24) is 19.7 Å². The van der Waals surface area contributed by atoms with Gasteiger partial charge in [-0.3, -0.25) is 4.57 Å². The highest BCUT2D eigenvalue weighted by Gasteiger charge is 2.22. The zero-order valence-corrected chi connectivity index (χ0v) is 17.5. The van der Waals surface area contributed by atoms with Gasteiger partial charge in [-0.1, -0.05) is 23.9 Å². The molecule has 3 heterocycles. The molecule has 0 aliphatic carbocycles. The van der Waals surface area contributed by atoms with Crippen LogP contribution in [0.1, 0.15) is 18.7 Å². The molecule has 154 valence electrons. The van der Waals surface area contributed by atoms with Crippen LogP contribution in [0.5, 0.6) is 5.75 Å². The number of para-hydroxylation sites is 2. The summed E-state index contributed by atoms with van der Waals surface area (Å²) in [6, 6.07) is 15.7. The maximum absolute atomic E-state index is 5.87. The van der Waals surface area contributed by atoms with Crippen molar-refractivity contribution in [2.45, 2.75) is 36.4 Å². The summed E-state index contributed by atoms with van der Waals surface area (Å²) in [6.07, 6.45) is 2.33. The number of rotatable bonds is 7. The lowest BCUT2D eigenvalue weighted by molar-refractivity contribution is 0.0953. The van der Waals surface area contributed by atoms with Gasteiger partial charge in [-0.2, -0.15) is 0 Å². The lowest BCUT2D eigenvalue weighted by atomic mass is 10.2. The molecule has 2 aromatic heterocycles. The minimum Gasteiger partial charge on any atom is -0.497 e. The lowest BCUT2D eigenvalue weighted by Crippen LogP contribution is -2.16. The molecule has 1 aliphatic heterocycles. The van der Waals surface area contributed by atoms with Crippen LogP contribution in [0, 0.1) is 0 Å². The largest absolute Gasteiger partial charge is 0.497 e. The van der Waals surface area contributed by atoms with Crippen molar-refractivity contribution < 1.29 is 13.9 Å². The average Bonchev–Trinajstić information content (AvgIpc) is 3.52. The Morgan fingerprint density at radius 2 is 2.00 bits per heavy atom. The van der Waals surface area contributed by atoms with E-state index in [1.165, 1.54) is 0 Å². The quantitative estimate of drug-likeness (QED) is 0.404. The molecule has 1 fully saturated rings. The smallest absolute Gasteiger partial charge is 0.205 e. The zero-order chi connectivity index (χ0) is 20.3. The van der Waals surface area contributed by atoms with E-state index in [0.717, 1.165) is 59.4 Å². The average molecular weight is 423 g/mol. The highest BCUT2D eigenvalue weighted by Crippen LogP contribution is 2.29. The Bertz CT molecular complexity index is 1100. The van der Waals surface area contributed by atoms with Gasteiger partial charge in [0.2, 0.25) is 5.89 Å². The topological polar surface area (TPSA) is 75.2 Å². The molecule has 1 aliphatic rings. The Kier molecular flexibility index (Phi) is 5.42. The number of oxazole rings is 1. The molecule has 5 rings (SSSR count). The van der Waals surface area contributed by atoms with Crippen LogP contribution in [0.2, 0.25) is 0 Å². The van der Waals surface area contributed by atoms with E-state index in [2.05, 4.69) is 19.7 Å². The zero-order valence-electron chi connectivity index (χ0n) is 16.7. The number of hydrogen-bond donors (Lipinski definition) is 0. The second-order valence-corrected chi connectivity index (χ2v) is 8.09. The van der Waals surface area contributed by atoms with Crippen LogP contribution in [0.4, 0.5) is 0 Å². The molecule has 0 spiro atoms. The molecule has 0 radical (unpaired) electrons.